The summed E-state index contributed by atoms with van der Waals surface area (Å²) in [6.45, 7) is 1.89. The van der Waals surface area contributed by atoms with Crippen molar-refractivity contribution in [2.45, 2.75) is 0 Å². The summed E-state index contributed by atoms with van der Waals surface area (Å²) in [5.74, 6) is -0.963. The van der Waals surface area contributed by atoms with E-state index >= 15 is 0 Å². The van der Waals surface area contributed by atoms with Gasteiger partial charge in [0.05, 0.1) is 15.9 Å². The third-order valence-corrected chi connectivity index (χ3v) is 5.15. The van der Waals surface area contributed by atoms with Gasteiger partial charge in [0, 0.05) is 32.2 Å². The first-order chi connectivity index (χ1) is 11.6. The maximum Gasteiger partial charge on any atom is 0.270 e. The van der Waals surface area contributed by atoms with Crippen molar-refractivity contribution in [1.29, 1.82) is 0 Å². The highest BCUT2D eigenvalue weighted by Crippen LogP contribution is 2.24. The lowest BCUT2D eigenvalue weighted by Crippen LogP contribution is -2.49. The molecule has 1 aromatic carbocycles. The zero-order valence-electron chi connectivity index (χ0n) is 12.8. The largest absolute Gasteiger partial charge is 0.366 e. The van der Waals surface area contributed by atoms with Gasteiger partial charge in [-0.1, -0.05) is 0 Å². The quantitative estimate of drug-likeness (QED) is 0.771. The van der Waals surface area contributed by atoms with Gasteiger partial charge in [0.15, 0.2) is 0 Å². The van der Waals surface area contributed by atoms with Crippen LogP contribution in [0.25, 0.3) is 10.2 Å². The fourth-order valence-electron chi connectivity index (χ4n) is 3.01. The van der Waals surface area contributed by atoms with Crippen molar-refractivity contribution < 1.29 is 13.6 Å². The number of piperazine rings is 1. The third kappa shape index (κ3) is 2.65. The zero-order valence-corrected chi connectivity index (χ0v) is 13.6. The molecule has 1 aliphatic heterocycles. The standard InChI is InChI=1S/C17H15F2N3OS/c18-11-1-2-12(19)15(9-11)21-4-6-22(7-5-21)17(23)14-10-16-13(20-14)3-8-24-16/h1-3,8-10,20H,4-7H2. The van der Waals surface area contributed by atoms with E-state index in [0.717, 1.165) is 22.3 Å². The number of benzene rings is 1. The Labute approximate surface area is 141 Å². The average Bonchev–Trinajstić information content (AvgIpc) is 3.18. The van der Waals surface area contributed by atoms with Gasteiger partial charge in [-0.2, -0.15) is 0 Å². The van der Waals surface area contributed by atoms with Gasteiger partial charge in [-0.05, 0) is 29.6 Å². The van der Waals surface area contributed by atoms with Crippen LogP contribution in [0.5, 0.6) is 0 Å². The molecule has 0 unspecified atom stereocenters. The van der Waals surface area contributed by atoms with Crippen LogP contribution in [0.3, 0.4) is 0 Å². The van der Waals surface area contributed by atoms with Crippen LogP contribution in [0.1, 0.15) is 10.5 Å². The molecule has 124 valence electrons. The van der Waals surface area contributed by atoms with E-state index in [1.807, 2.05) is 17.5 Å². The SMILES string of the molecule is O=C(c1cc2sccc2[nH]1)N1CCN(c2cc(F)ccc2F)CC1. The molecular formula is C17H15F2N3OS. The van der Waals surface area contributed by atoms with Crippen molar-refractivity contribution in [3.8, 4) is 0 Å². The minimum atomic E-state index is -0.462. The first-order valence-corrected chi connectivity index (χ1v) is 8.55. The van der Waals surface area contributed by atoms with Crippen LogP contribution >= 0.6 is 11.3 Å². The fourth-order valence-corrected chi connectivity index (χ4v) is 3.80. The minimum Gasteiger partial charge on any atom is -0.366 e. The van der Waals surface area contributed by atoms with Crippen LogP contribution in [0, 0.1) is 11.6 Å². The highest BCUT2D eigenvalue weighted by atomic mass is 32.1. The van der Waals surface area contributed by atoms with Crippen LogP contribution in [-0.2, 0) is 0 Å². The maximum absolute atomic E-state index is 13.9. The lowest BCUT2D eigenvalue weighted by atomic mass is 10.2. The molecule has 0 radical (unpaired) electrons. The van der Waals surface area contributed by atoms with Crippen LogP contribution in [-0.4, -0.2) is 42.0 Å². The molecule has 1 fully saturated rings. The lowest BCUT2D eigenvalue weighted by molar-refractivity contribution is 0.0741. The van der Waals surface area contributed by atoms with E-state index in [0.29, 0.717) is 31.9 Å². The van der Waals surface area contributed by atoms with E-state index in [9.17, 15) is 13.6 Å². The summed E-state index contributed by atoms with van der Waals surface area (Å²) in [7, 11) is 0. The van der Waals surface area contributed by atoms with Crippen molar-refractivity contribution in [2.24, 2.45) is 0 Å². The number of rotatable bonds is 2. The summed E-state index contributed by atoms with van der Waals surface area (Å²) >= 11 is 1.59. The van der Waals surface area contributed by atoms with Crippen LogP contribution in [0.2, 0.25) is 0 Å². The Bertz CT molecular complexity index is 868. The van der Waals surface area contributed by atoms with Gasteiger partial charge in [-0.15, -0.1) is 11.3 Å². The Balaban J connectivity index is 1.46. The van der Waals surface area contributed by atoms with E-state index < -0.39 is 11.6 Å². The molecule has 24 heavy (non-hydrogen) atoms. The highest BCUT2D eigenvalue weighted by Gasteiger charge is 2.25. The molecule has 1 N–H and O–H groups in total. The van der Waals surface area contributed by atoms with Gasteiger partial charge in [-0.3, -0.25) is 4.79 Å². The number of H-pyrrole nitrogens is 1. The lowest BCUT2D eigenvalue weighted by Gasteiger charge is -2.36. The second-order valence-electron chi connectivity index (χ2n) is 5.76. The molecule has 2 aromatic heterocycles. The van der Waals surface area contributed by atoms with Gasteiger partial charge < -0.3 is 14.8 Å². The molecule has 1 saturated heterocycles. The number of aromatic amines is 1. The number of aromatic nitrogens is 1. The number of thiophene rings is 1. The Kier molecular flexibility index (Phi) is 3.72. The van der Waals surface area contributed by atoms with Crippen LogP contribution in [0.15, 0.2) is 35.7 Å². The number of fused-ring (bicyclic) bond motifs is 1. The van der Waals surface area contributed by atoms with Gasteiger partial charge >= 0.3 is 0 Å². The van der Waals surface area contributed by atoms with Gasteiger partial charge in [-0.25, -0.2) is 8.78 Å². The maximum atomic E-state index is 13.9. The molecule has 0 atom stereocenters. The van der Waals surface area contributed by atoms with Crippen molar-refractivity contribution in [3.63, 3.8) is 0 Å². The van der Waals surface area contributed by atoms with E-state index in [1.165, 1.54) is 6.07 Å². The number of hydrogen-bond donors (Lipinski definition) is 1. The van der Waals surface area contributed by atoms with Crippen molar-refractivity contribution in [1.82, 2.24) is 9.88 Å². The monoisotopic (exact) mass is 347 g/mol. The van der Waals surface area contributed by atoms with E-state index in [2.05, 4.69) is 4.98 Å². The summed E-state index contributed by atoms with van der Waals surface area (Å²) in [5, 5.41) is 1.97. The summed E-state index contributed by atoms with van der Waals surface area (Å²) in [6, 6.07) is 7.25. The summed E-state index contributed by atoms with van der Waals surface area (Å²) in [4.78, 5) is 19.2. The molecule has 4 nitrogen and oxygen atoms in total. The summed E-state index contributed by atoms with van der Waals surface area (Å²) in [5.41, 5.74) is 1.79. The predicted molar refractivity (Wildman–Crippen MR) is 90.7 cm³/mol. The Morgan fingerprint density at radius 3 is 2.62 bits per heavy atom. The van der Waals surface area contributed by atoms with Gasteiger partial charge in [0.25, 0.3) is 5.91 Å². The molecule has 4 rings (SSSR count). The van der Waals surface area contributed by atoms with Crippen LogP contribution < -0.4 is 4.90 Å². The smallest absolute Gasteiger partial charge is 0.270 e. The van der Waals surface area contributed by atoms with E-state index in [-0.39, 0.29) is 11.6 Å². The molecule has 0 bridgehead atoms. The summed E-state index contributed by atoms with van der Waals surface area (Å²) < 4.78 is 28.3. The number of nitrogens with one attached hydrogen (secondary N) is 1. The number of anilines is 1. The molecule has 0 aliphatic carbocycles. The molecular weight excluding hydrogens is 332 g/mol. The highest BCUT2D eigenvalue weighted by molar-refractivity contribution is 7.17. The first-order valence-electron chi connectivity index (χ1n) is 7.67. The number of nitrogens with zero attached hydrogens (tertiary/aromatic N) is 2. The van der Waals surface area contributed by atoms with Crippen molar-refractivity contribution in [3.05, 3.63) is 53.0 Å². The molecule has 7 heteroatoms. The Hall–Kier alpha value is -2.41. The number of hydrogen-bond acceptors (Lipinski definition) is 3. The molecule has 0 saturated carbocycles. The molecule has 3 aromatic rings. The second-order valence-corrected chi connectivity index (χ2v) is 6.70. The predicted octanol–water partition coefficient (Wildman–Crippen LogP) is 3.47. The average molecular weight is 347 g/mol. The van der Waals surface area contributed by atoms with Crippen molar-refractivity contribution >= 4 is 33.1 Å². The zero-order chi connectivity index (χ0) is 16.7. The molecule has 1 aliphatic rings. The number of carbonyl (C=O) groups is 1. The van der Waals surface area contributed by atoms with Crippen LogP contribution in [0.4, 0.5) is 14.5 Å². The topological polar surface area (TPSA) is 39.3 Å². The number of amides is 1. The van der Waals surface area contributed by atoms with E-state index in [4.69, 9.17) is 0 Å². The van der Waals surface area contributed by atoms with Gasteiger partial charge in [0.2, 0.25) is 0 Å². The molecule has 0 spiro atoms. The van der Waals surface area contributed by atoms with E-state index in [1.54, 1.807) is 21.1 Å². The molecule has 1 amide bonds. The number of halogens is 2. The summed E-state index contributed by atoms with van der Waals surface area (Å²) in [6.07, 6.45) is 0. The minimum absolute atomic E-state index is 0.0576. The van der Waals surface area contributed by atoms with Gasteiger partial charge in [0.1, 0.15) is 17.3 Å². The van der Waals surface area contributed by atoms with Crippen molar-refractivity contribution in [2.75, 3.05) is 31.1 Å². The Morgan fingerprint density at radius 2 is 1.88 bits per heavy atom. The fraction of sp³-hybridized carbons (Fsp3) is 0.235. The third-order valence-electron chi connectivity index (χ3n) is 4.29. The first kappa shape index (κ1) is 15.1. The number of carbonyl (C=O) groups excluding carboxylic acids is 1. The Morgan fingerprint density at radius 1 is 1.08 bits per heavy atom. The molecule has 3 heterocycles. The normalized spacial score (nSPS) is 15.2. The second kappa shape index (κ2) is 5.90.